The molecule has 2 aliphatic heterocycles. The van der Waals surface area contributed by atoms with Gasteiger partial charge in [0.25, 0.3) is 0 Å². The second-order valence-corrected chi connectivity index (χ2v) is 7.30. The van der Waals surface area contributed by atoms with E-state index in [-0.39, 0.29) is 18.1 Å². The Balaban J connectivity index is 1.56. The fourth-order valence-electron chi connectivity index (χ4n) is 3.46. The van der Waals surface area contributed by atoms with E-state index in [4.69, 9.17) is 5.73 Å². The van der Waals surface area contributed by atoms with Gasteiger partial charge in [-0.05, 0) is 30.0 Å². The number of amidine groups is 1. The number of allylic oxidation sites excluding steroid dienone is 1. The molecule has 2 aromatic rings. The first kappa shape index (κ1) is 14.4. The summed E-state index contributed by atoms with van der Waals surface area (Å²) in [6.45, 7) is 0. The molecule has 3 aliphatic rings. The van der Waals surface area contributed by atoms with Crippen molar-refractivity contribution >= 4 is 39.6 Å². The number of fused-ring (bicyclic) bond motifs is 2. The molecule has 3 N–H and O–H groups in total. The lowest BCUT2D eigenvalue weighted by Gasteiger charge is -2.27. The monoisotopic (exact) mass is 349 g/mol. The number of thiophene rings is 1. The van der Waals surface area contributed by atoms with Crippen LogP contribution in [0.25, 0.3) is 10.1 Å². The third-order valence-corrected chi connectivity index (χ3v) is 5.83. The van der Waals surface area contributed by atoms with Gasteiger partial charge < -0.3 is 11.1 Å². The third kappa shape index (κ3) is 2.20. The van der Waals surface area contributed by atoms with Gasteiger partial charge in [-0.15, -0.1) is 11.3 Å². The average molecular weight is 349 g/mol. The highest BCUT2D eigenvalue weighted by Crippen LogP contribution is 2.39. The number of carbonyl (C=O) groups is 1. The van der Waals surface area contributed by atoms with Crippen LogP contribution < -0.4 is 11.1 Å². The summed E-state index contributed by atoms with van der Waals surface area (Å²) in [5, 5.41) is 4.29. The van der Waals surface area contributed by atoms with Crippen LogP contribution in [0.2, 0.25) is 0 Å². The molecule has 0 spiro atoms. The molecule has 0 bridgehead atoms. The van der Waals surface area contributed by atoms with Crippen LogP contribution in [-0.2, 0) is 0 Å². The number of benzene rings is 1. The Morgan fingerprint density at radius 3 is 3.08 bits per heavy atom. The molecule has 0 saturated carbocycles. The molecule has 0 saturated heterocycles. The van der Waals surface area contributed by atoms with Crippen LogP contribution in [0.1, 0.15) is 17.3 Å². The maximum Gasteiger partial charge on any atom is 0.350 e. The minimum absolute atomic E-state index is 0.127. The molecule has 0 fully saturated rings. The Morgan fingerprint density at radius 2 is 2.20 bits per heavy atom. The van der Waals surface area contributed by atoms with E-state index in [1.165, 1.54) is 4.70 Å². The van der Waals surface area contributed by atoms with Crippen LogP contribution >= 0.6 is 11.3 Å². The third-order valence-electron chi connectivity index (χ3n) is 4.66. The molecule has 0 radical (unpaired) electrons. The van der Waals surface area contributed by atoms with Crippen LogP contribution in [0.4, 0.5) is 4.79 Å². The predicted molar refractivity (Wildman–Crippen MR) is 99.6 cm³/mol. The number of hydrogen-bond donors (Lipinski definition) is 2. The van der Waals surface area contributed by atoms with Gasteiger partial charge in [0, 0.05) is 21.0 Å². The van der Waals surface area contributed by atoms with Gasteiger partial charge in [0.05, 0.1) is 12.4 Å². The largest absolute Gasteiger partial charge is 0.385 e. The van der Waals surface area contributed by atoms with E-state index < -0.39 is 0 Å². The van der Waals surface area contributed by atoms with Gasteiger partial charge in [-0.2, -0.15) is 4.99 Å². The van der Waals surface area contributed by atoms with Crippen LogP contribution in [0.5, 0.6) is 0 Å². The fraction of sp³-hybridized carbons (Fsp3) is 0.167. The summed E-state index contributed by atoms with van der Waals surface area (Å²) < 4.78 is 1.17. The molecule has 2 amide bonds. The summed E-state index contributed by atoms with van der Waals surface area (Å²) in [4.78, 5) is 23.6. The van der Waals surface area contributed by atoms with Gasteiger partial charge in [-0.25, -0.2) is 4.79 Å². The molecular weight excluding hydrogens is 334 g/mol. The number of carbonyl (C=O) groups excluding carboxylic acids is 1. The molecule has 1 aliphatic carbocycles. The number of hydrogen-bond acceptors (Lipinski definition) is 5. The van der Waals surface area contributed by atoms with Crippen LogP contribution in [-0.4, -0.2) is 29.1 Å². The smallest absolute Gasteiger partial charge is 0.350 e. The minimum atomic E-state index is -0.355. The summed E-state index contributed by atoms with van der Waals surface area (Å²) in [5.41, 5.74) is 7.96. The summed E-state index contributed by atoms with van der Waals surface area (Å²) in [7, 11) is 0. The molecule has 1 aromatic carbocycles. The highest BCUT2D eigenvalue weighted by molar-refractivity contribution is 7.19. The number of nitrogens with two attached hydrogens (primary N) is 1. The molecular formula is C18H15N5OS. The number of rotatable bonds is 2. The first-order valence-corrected chi connectivity index (χ1v) is 8.88. The Kier molecular flexibility index (Phi) is 3.05. The lowest BCUT2D eigenvalue weighted by Crippen LogP contribution is -2.33. The first-order valence-electron chi connectivity index (χ1n) is 8.06. The zero-order valence-electron chi connectivity index (χ0n) is 13.2. The molecule has 25 heavy (non-hydrogen) atoms. The molecule has 1 aromatic heterocycles. The van der Waals surface area contributed by atoms with E-state index in [9.17, 15) is 4.79 Å². The van der Waals surface area contributed by atoms with E-state index >= 15 is 0 Å². The first-order chi connectivity index (χ1) is 12.2. The predicted octanol–water partition coefficient (Wildman–Crippen LogP) is 2.91. The summed E-state index contributed by atoms with van der Waals surface area (Å²) in [6, 6.07) is 9.70. The molecule has 5 rings (SSSR count). The summed E-state index contributed by atoms with van der Waals surface area (Å²) in [6.07, 6.45) is 6.46. The fourth-order valence-corrected chi connectivity index (χ4v) is 4.63. The molecule has 2 unspecified atom stereocenters. The molecule has 2 atom stereocenters. The van der Waals surface area contributed by atoms with Crippen molar-refractivity contribution in [3.8, 4) is 0 Å². The number of aliphatic imine (C=N–C) groups is 2. The molecule has 7 heteroatoms. The zero-order chi connectivity index (χ0) is 17.0. The zero-order valence-corrected chi connectivity index (χ0v) is 14.0. The number of nitrogens with one attached hydrogen (secondary N) is 1. The van der Waals surface area contributed by atoms with E-state index in [1.807, 2.05) is 24.3 Å². The van der Waals surface area contributed by atoms with E-state index in [0.29, 0.717) is 5.84 Å². The van der Waals surface area contributed by atoms with Crippen molar-refractivity contribution in [2.45, 2.75) is 18.5 Å². The van der Waals surface area contributed by atoms with Crippen molar-refractivity contribution in [3.05, 3.63) is 58.8 Å². The highest BCUT2D eigenvalue weighted by atomic mass is 32.1. The Hall–Kier alpha value is -2.93. The molecule has 6 nitrogen and oxygen atoms in total. The SMILES string of the molecule is NC1=NC(=O)N(C2=CCC3N=CNC3=C2)C1c1cc2ccccc2s1. The van der Waals surface area contributed by atoms with Crippen molar-refractivity contribution in [2.24, 2.45) is 15.7 Å². The Labute approximate surface area is 148 Å². The number of nitrogens with zero attached hydrogens (tertiary/aromatic N) is 3. The molecule has 124 valence electrons. The van der Waals surface area contributed by atoms with Crippen LogP contribution in [0.3, 0.4) is 0 Å². The highest BCUT2D eigenvalue weighted by Gasteiger charge is 2.38. The normalized spacial score (nSPS) is 24.9. The van der Waals surface area contributed by atoms with Crippen LogP contribution in [0.15, 0.2) is 63.9 Å². The van der Waals surface area contributed by atoms with Crippen molar-refractivity contribution < 1.29 is 4.79 Å². The quantitative estimate of drug-likeness (QED) is 0.874. The second kappa shape index (κ2) is 5.29. The van der Waals surface area contributed by atoms with Gasteiger partial charge in [-0.3, -0.25) is 9.89 Å². The molecule has 3 heterocycles. The standard InChI is InChI=1S/C18H15N5OS/c19-17-16(15-7-10-3-1-2-4-14(10)25-15)23(18(24)22-17)11-5-6-12-13(8-11)21-9-20-12/h1-5,7-9,12,16H,6H2,(H,20,21)(H2,19,22,24). The van der Waals surface area contributed by atoms with E-state index in [1.54, 1.807) is 22.6 Å². The Morgan fingerprint density at radius 1 is 1.32 bits per heavy atom. The lowest BCUT2D eigenvalue weighted by molar-refractivity contribution is 0.222. The maximum absolute atomic E-state index is 12.5. The second-order valence-electron chi connectivity index (χ2n) is 6.18. The van der Waals surface area contributed by atoms with E-state index in [2.05, 4.69) is 33.5 Å². The number of amides is 2. The minimum Gasteiger partial charge on any atom is -0.385 e. The van der Waals surface area contributed by atoms with Gasteiger partial charge in [0.15, 0.2) is 0 Å². The summed E-state index contributed by atoms with van der Waals surface area (Å²) >= 11 is 1.64. The van der Waals surface area contributed by atoms with Gasteiger partial charge in [0.1, 0.15) is 11.9 Å². The van der Waals surface area contributed by atoms with Crippen molar-refractivity contribution in [1.82, 2.24) is 10.2 Å². The number of urea groups is 1. The topological polar surface area (TPSA) is 83.1 Å². The average Bonchev–Trinajstić information content (AvgIpc) is 3.29. The summed E-state index contributed by atoms with van der Waals surface area (Å²) in [5.74, 6) is 0.341. The maximum atomic E-state index is 12.5. The van der Waals surface area contributed by atoms with Crippen molar-refractivity contribution in [2.75, 3.05) is 0 Å². The van der Waals surface area contributed by atoms with Crippen molar-refractivity contribution in [1.29, 1.82) is 0 Å². The van der Waals surface area contributed by atoms with Gasteiger partial charge in [0.2, 0.25) is 0 Å². The lowest BCUT2D eigenvalue weighted by atomic mass is 10.0. The van der Waals surface area contributed by atoms with Crippen LogP contribution in [0, 0.1) is 0 Å². The van der Waals surface area contributed by atoms with E-state index in [0.717, 1.165) is 28.1 Å². The van der Waals surface area contributed by atoms with Gasteiger partial charge >= 0.3 is 6.03 Å². The van der Waals surface area contributed by atoms with Gasteiger partial charge in [-0.1, -0.05) is 24.3 Å². The Bertz CT molecular complexity index is 982. The van der Waals surface area contributed by atoms with Crippen molar-refractivity contribution in [3.63, 3.8) is 0 Å².